The number of hydrogen-bond donors (Lipinski definition) is 1. The number of rotatable bonds is 2. The average molecular weight is 194 g/mol. The van der Waals surface area contributed by atoms with Gasteiger partial charge in [0, 0.05) is 19.6 Å². The van der Waals surface area contributed by atoms with Crippen molar-refractivity contribution in [1.82, 2.24) is 10.2 Å². The van der Waals surface area contributed by atoms with Gasteiger partial charge in [0.2, 0.25) is 0 Å². The zero-order valence-corrected chi connectivity index (χ0v) is 8.70. The highest BCUT2D eigenvalue weighted by molar-refractivity contribution is 5.03. The minimum absolute atomic E-state index is 0.407. The summed E-state index contributed by atoms with van der Waals surface area (Å²) < 4.78 is 5.43. The van der Waals surface area contributed by atoms with Crippen molar-refractivity contribution in [1.29, 1.82) is 0 Å². The third-order valence-electron chi connectivity index (χ3n) is 2.88. The molecule has 1 aliphatic heterocycles. The molecule has 0 saturated carbocycles. The lowest BCUT2D eigenvalue weighted by Gasteiger charge is -2.25. The first kappa shape index (κ1) is 9.74. The van der Waals surface area contributed by atoms with Gasteiger partial charge < -0.3 is 9.73 Å². The molecule has 1 saturated heterocycles. The van der Waals surface area contributed by atoms with Gasteiger partial charge in [-0.05, 0) is 32.0 Å². The first-order valence-corrected chi connectivity index (χ1v) is 5.36. The van der Waals surface area contributed by atoms with E-state index >= 15 is 0 Å². The Morgan fingerprint density at radius 1 is 1.43 bits per heavy atom. The molecule has 2 heterocycles. The van der Waals surface area contributed by atoms with Crippen molar-refractivity contribution in [3.05, 3.63) is 24.2 Å². The second-order valence-corrected chi connectivity index (χ2v) is 3.83. The summed E-state index contributed by atoms with van der Waals surface area (Å²) in [4.78, 5) is 2.47. The Labute approximate surface area is 85.1 Å². The zero-order valence-electron chi connectivity index (χ0n) is 8.70. The van der Waals surface area contributed by atoms with Crippen LogP contribution in [0.5, 0.6) is 0 Å². The molecule has 1 aliphatic rings. The summed E-state index contributed by atoms with van der Waals surface area (Å²) in [6.07, 6.45) is 2.98. The van der Waals surface area contributed by atoms with Crippen LogP contribution in [-0.2, 0) is 0 Å². The average Bonchev–Trinajstić information content (AvgIpc) is 2.59. The quantitative estimate of drug-likeness (QED) is 0.775. The van der Waals surface area contributed by atoms with Crippen molar-refractivity contribution in [2.24, 2.45) is 0 Å². The molecule has 3 nitrogen and oxygen atoms in total. The fourth-order valence-corrected chi connectivity index (χ4v) is 1.96. The van der Waals surface area contributed by atoms with E-state index in [-0.39, 0.29) is 0 Å². The van der Waals surface area contributed by atoms with Gasteiger partial charge in [-0.2, -0.15) is 0 Å². The van der Waals surface area contributed by atoms with Crippen molar-refractivity contribution in [3.63, 3.8) is 0 Å². The SMILES string of the molecule is C[C@H](c1ccco1)N1CCCNCC1. The van der Waals surface area contributed by atoms with Gasteiger partial charge in [-0.1, -0.05) is 0 Å². The predicted molar refractivity (Wildman–Crippen MR) is 56.2 cm³/mol. The molecule has 2 rings (SSSR count). The summed E-state index contributed by atoms with van der Waals surface area (Å²) >= 11 is 0. The molecule has 3 heteroatoms. The molecule has 0 unspecified atom stereocenters. The molecule has 0 bridgehead atoms. The van der Waals surface area contributed by atoms with E-state index in [4.69, 9.17) is 4.42 Å². The van der Waals surface area contributed by atoms with Gasteiger partial charge in [0.15, 0.2) is 0 Å². The third kappa shape index (κ3) is 2.16. The second kappa shape index (κ2) is 4.62. The summed E-state index contributed by atoms with van der Waals surface area (Å²) in [7, 11) is 0. The van der Waals surface area contributed by atoms with Crippen molar-refractivity contribution >= 4 is 0 Å². The first-order valence-electron chi connectivity index (χ1n) is 5.36. The van der Waals surface area contributed by atoms with Crippen LogP contribution in [0.15, 0.2) is 22.8 Å². The topological polar surface area (TPSA) is 28.4 Å². The zero-order chi connectivity index (χ0) is 9.80. The molecule has 1 aromatic rings. The molecule has 0 radical (unpaired) electrons. The van der Waals surface area contributed by atoms with Crippen molar-refractivity contribution in [2.45, 2.75) is 19.4 Å². The fourth-order valence-electron chi connectivity index (χ4n) is 1.96. The minimum Gasteiger partial charge on any atom is -0.468 e. The van der Waals surface area contributed by atoms with Crippen LogP contribution in [0.1, 0.15) is 25.1 Å². The van der Waals surface area contributed by atoms with Gasteiger partial charge in [-0.3, -0.25) is 4.90 Å². The Hall–Kier alpha value is -0.800. The summed E-state index contributed by atoms with van der Waals surface area (Å²) in [5.74, 6) is 1.08. The first-order chi connectivity index (χ1) is 6.88. The Morgan fingerprint density at radius 2 is 2.36 bits per heavy atom. The van der Waals surface area contributed by atoms with Gasteiger partial charge in [-0.25, -0.2) is 0 Å². The van der Waals surface area contributed by atoms with E-state index in [9.17, 15) is 0 Å². The van der Waals surface area contributed by atoms with Gasteiger partial charge in [0.1, 0.15) is 5.76 Å². The molecule has 78 valence electrons. The maximum Gasteiger partial charge on any atom is 0.120 e. The molecule has 1 atom stereocenters. The number of nitrogens with one attached hydrogen (secondary N) is 1. The van der Waals surface area contributed by atoms with Gasteiger partial charge in [0.25, 0.3) is 0 Å². The van der Waals surface area contributed by atoms with Crippen LogP contribution >= 0.6 is 0 Å². The van der Waals surface area contributed by atoms with Crippen molar-refractivity contribution in [3.8, 4) is 0 Å². The molecular weight excluding hydrogens is 176 g/mol. The Kier molecular flexibility index (Phi) is 3.22. The predicted octanol–water partition coefficient (Wildman–Crippen LogP) is 1.64. The van der Waals surface area contributed by atoms with Crippen LogP contribution < -0.4 is 5.32 Å². The Morgan fingerprint density at radius 3 is 3.14 bits per heavy atom. The molecule has 1 N–H and O–H groups in total. The molecule has 0 aliphatic carbocycles. The van der Waals surface area contributed by atoms with Crippen LogP contribution in [-0.4, -0.2) is 31.1 Å². The van der Waals surface area contributed by atoms with Gasteiger partial charge in [0.05, 0.1) is 12.3 Å². The molecule has 1 aromatic heterocycles. The molecular formula is C11H18N2O. The number of nitrogens with zero attached hydrogens (tertiary/aromatic N) is 1. The molecule has 0 aromatic carbocycles. The van der Waals surface area contributed by atoms with Crippen LogP contribution in [0, 0.1) is 0 Å². The smallest absolute Gasteiger partial charge is 0.120 e. The van der Waals surface area contributed by atoms with Crippen molar-refractivity contribution in [2.75, 3.05) is 26.2 Å². The number of hydrogen-bond acceptors (Lipinski definition) is 3. The van der Waals surface area contributed by atoms with E-state index in [1.54, 1.807) is 6.26 Å². The van der Waals surface area contributed by atoms with E-state index in [0.717, 1.165) is 31.9 Å². The molecule has 1 fully saturated rings. The lowest BCUT2D eigenvalue weighted by atomic mass is 10.2. The highest BCUT2D eigenvalue weighted by Gasteiger charge is 2.18. The van der Waals surface area contributed by atoms with Crippen molar-refractivity contribution < 1.29 is 4.42 Å². The van der Waals surface area contributed by atoms with Crippen LogP contribution in [0.3, 0.4) is 0 Å². The summed E-state index contributed by atoms with van der Waals surface area (Å²) in [5, 5.41) is 3.41. The number of furan rings is 1. The van der Waals surface area contributed by atoms with Crippen LogP contribution in [0.4, 0.5) is 0 Å². The summed E-state index contributed by atoms with van der Waals surface area (Å²) in [5.41, 5.74) is 0. The molecule has 14 heavy (non-hydrogen) atoms. The van der Waals surface area contributed by atoms with Crippen LogP contribution in [0.25, 0.3) is 0 Å². The normalized spacial score (nSPS) is 21.8. The lowest BCUT2D eigenvalue weighted by molar-refractivity contribution is 0.200. The Balaban J connectivity index is 1.99. The van der Waals surface area contributed by atoms with Gasteiger partial charge in [-0.15, -0.1) is 0 Å². The lowest BCUT2D eigenvalue weighted by Crippen LogP contribution is -2.30. The van der Waals surface area contributed by atoms with E-state index in [1.807, 2.05) is 6.07 Å². The maximum atomic E-state index is 5.43. The van der Waals surface area contributed by atoms with Crippen LogP contribution in [0.2, 0.25) is 0 Å². The second-order valence-electron chi connectivity index (χ2n) is 3.83. The Bertz CT molecular complexity index is 250. The highest BCUT2D eigenvalue weighted by Crippen LogP contribution is 2.20. The monoisotopic (exact) mass is 194 g/mol. The van der Waals surface area contributed by atoms with E-state index in [2.05, 4.69) is 23.2 Å². The van der Waals surface area contributed by atoms with Gasteiger partial charge >= 0.3 is 0 Å². The van der Waals surface area contributed by atoms with E-state index in [0.29, 0.717) is 6.04 Å². The van der Waals surface area contributed by atoms with E-state index < -0.39 is 0 Å². The standard InChI is InChI=1S/C11H18N2O/c1-10(11-4-2-9-14-11)13-7-3-5-12-6-8-13/h2,4,9-10,12H,3,5-8H2,1H3/t10-/m1/s1. The molecule has 0 spiro atoms. The highest BCUT2D eigenvalue weighted by atomic mass is 16.3. The minimum atomic E-state index is 0.407. The largest absolute Gasteiger partial charge is 0.468 e. The molecule has 0 amide bonds. The summed E-state index contributed by atoms with van der Waals surface area (Å²) in [6, 6.07) is 4.43. The maximum absolute atomic E-state index is 5.43. The summed E-state index contributed by atoms with van der Waals surface area (Å²) in [6.45, 7) is 6.72. The van der Waals surface area contributed by atoms with E-state index in [1.165, 1.54) is 6.42 Å². The third-order valence-corrected chi connectivity index (χ3v) is 2.88. The fraction of sp³-hybridized carbons (Fsp3) is 0.636.